The van der Waals surface area contributed by atoms with Gasteiger partial charge in [0.2, 0.25) is 0 Å². The Labute approximate surface area is 116 Å². The standard InChI is InChI=1S/C15H25NOS/c1-3-17-13-15-9-5-4-8-14(15)12-16-10-6-7-11-18-2/h4-5,8-9,16H,3,6-7,10-13H2,1-2H3. The van der Waals surface area contributed by atoms with Crippen LogP contribution in [0.4, 0.5) is 0 Å². The molecule has 1 N–H and O–H groups in total. The summed E-state index contributed by atoms with van der Waals surface area (Å²) in [5.41, 5.74) is 2.66. The largest absolute Gasteiger partial charge is 0.377 e. The predicted molar refractivity (Wildman–Crippen MR) is 81.1 cm³/mol. The molecule has 3 heteroatoms. The molecule has 0 aliphatic rings. The Kier molecular flexibility index (Phi) is 9.00. The Bertz CT molecular complexity index is 317. The van der Waals surface area contributed by atoms with Crippen molar-refractivity contribution >= 4 is 11.8 Å². The molecule has 0 aliphatic carbocycles. The molecule has 0 fully saturated rings. The molecule has 0 spiro atoms. The highest BCUT2D eigenvalue weighted by molar-refractivity contribution is 7.98. The third-order valence-electron chi connectivity index (χ3n) is 2.85. The summed E-state index contributed by atoms with van der Waals surface area (Å²) in [5.74, 6) is 1.27. The zero-order chi connectivity index (χ0) is 13.1. The third-order valence-corrected chi connectivity index (χ3v) is 3.54. The zero-order valence-electron chi connectivity index (χ0n) is 11.6. The fourth-order valence-corrected chi connectivity index (χ4v) is 2.30. The van der Waals surface area contributed by atoms with Crippen LogP contribution in [-0.4, -0.2) is 25.2 Å². The van der Waals surface area contributed by atoms with Gasteiger partial charge >= 0.3 is 0 Å². The van der Waals surface area contributed by atoms with Gasteiger partial charge in [0.1, 0.15) is 0 Å². The van der Waals surface area contributed by atoms with Crippen LogP contribution in [0.15, 0.2) is 24.3 Å². The molecule has 0 saturated carbocycles. The van der Waals surface area contributed by atoms with Crippen LogP contribution in [0, 0.1) is 0 Å². The van der Waals surface area contributed by atoms with E-state index in [1.165, 1.54) is 29.7 Å². The molecule has 0 aliphatic heterocycles. The van der Waals surface area contributed by atoms with Crippen molar-refractivity contribution < 1.29 is 4.74 Å². The van der Waals surface area contributed by atoms with Gasteiger partial charge in [-0.15, -0.1) is 0 Å². The minimum Gasteiger partial charge on any atom is -0.377 e. The summed E-state index contributed by atoms with van der Waals surface area (Å²) in [4.78, 5) is 0. The maximum absolute atomic E-state index is 5.49. The maximum atomic E-state index is 5.49. The Morgan fingerprint density at radius 3 is 2.67 bits per heavy atom. The number of nitrogens with one attached hydrogen (secondary N) is 1. The van der Waals surface area contributed by atoms with Crippen LogP contribution in [0.25, 0.3) is 0 Å². The van der Waals surface area contributed by atoms with Crippen LogP contribution < -0.4 is 5.32 Å². The minimum absolute atomic E-state index is 0.723. The lowest BCUT2D eigenvalue weighted by molar-refractivity contribution is 0.133. The van der Waals surface area contributed by atoms with Gasteiger partial charge in [-0.25, -0.2) is 0 Å². The normalized spacial score (nSPS) is 10.8. The SMILES string of the molecule is CCOCc1ccccc1CNCCCCSC. The van der Waals surface area contributed by atoms with Crippen molar-refractivity contribution in [2.24, 2.45) is 0 Å². The Hall–Kier alpha value is -0.510. The first kappa shape index (κ1) is 15.5. The molecule has 102 valence electrons. The maximum Gasteiger partial charge on any atom is 0.0719 e. The monoisotopic (exact) mass is 267 g/mol. The quantitative estimate of drug-likeness (QED) is 0.656. The van der Waals surface area contributed by atoms with Gasteiger partial charge in [-0.1, -0.05) is 24.3 Å². The van der Waals surface area contributed by atoms with Crippen molar-refractivity contribution in [3.63, 3.8) is 0 Å². The topological polar surface area (TPSA) is 21.3 Å². The van der Waals surface area contributed by atoms with Gasteiger partial charge in [0, 0.05) is 13.2 Å². The van der Waals surface area contributed by atoms with Crippen LogP contribution in [0.3, 0.4) is 0 Å². The van der Waals surface area contributed by atoms with E-state index in [1.54, 1.807) is 0 Å². The van der Waals surface area contributed by atoms with Gasteiger partial charge in [0.15, 0.2) is 0 Å². The van der Waals surface area contributed by atoms with E-state index >= 15 is 0 Å². The van der Waals surface area contributed by atoms with E-state index in [9.17, 15) is 0 Å². The number of rotatable bonds is 10. The first-order valence-corrected chi connectivity index (χ1v) is 8.12. The molecular formula is C15H25NOS. The molecule has 2 nitrogen and oxygen atoms in total. The Balaban J connectivity index is 2.27. The first-order valence-electron chi connectivity index (χ1n) is 6.72. The second-order valence-corrected chi connectivity index (χ2v) is 5.27. The van der Waals surface area contributed by atoms with Crippen molar-refractivity contribution in [2.45, 2.75) is 32.9 Å². The van der Waals surface area contributed by atoms with Crippen molar-refractivity contribution in [3.8, 4) is 0 Å². The lowest BCUT2D eigenvalue weighted by Gasteiger charge is -2.10. The fourth-order valence-electron chi connectivity index (χ4n) is 1.80. The second kappa shape index (κ2) is 10.4. The van der Waals surface area contributed by atoms with E-state index in [0.29, 0.717) is 0 Å². The number of unbranched alkanes of at least 4 members (excludes halogenated alkanes) is 1. The average Bonchev–Trinajstić information content (AvgIpc) is 2.41. The molecule has 0 bridgehead atoms. The fraction of sp³-hybridized carbons (Fsp3) is 0.600. The highest BCUT2D eigenvalue weighted by Crippen LogP contribution is 2.10. The van der Waals surface area contributed by atoms with E-state index in [4.69, 9.17) is 4.74 Å². The van der Waals surface area contributed by atoms with Crippen molar-refractivity contribution in [3.05, 3.63) is 35.4 Å². The van der Waals surface area contributed by atoms with E-state index < -0.39 is 0 Å². The van der Waals surface area contributed by atoms with E-state index in [2.05, 4.69) is 35.8 Å². The molecule has 0 amide bonds. The van der Waals surface area contributed by atoms with Gasteiger partial charge in [-0.3, -0.25) is 0 Å². The van der Waals surface area contributed by atoms with E-state index in [0.717, 1.165) is 26.3 Å². The summed E-state index contributed by atoms with van der Waals surface area (Å²) < 4.78 is 5.49. The number of ether oxygens (including phenoxy) is 1. The smallest absolute Gasteiger partial charge is 0.0719 e. The lowest BCUT2D eigenvalue weighted by Crippen LogP contribution is -2.16. The summed E-state index contributed by atoms with van der Waals surface area (Å²) >= 11 is 1.92. The summed E-state index contributed by atoms with van der Waals surface area (Å²) in [5, 5.41) is 3.51. The van der Waals surface area contributed by atoms with Crippen molar-refractivity contribution in [2.75, 3.05) is 25.2 Å². The summed E-state index contributed by atoms with van der Waals surface area (Å²) in [6, 6.07) is 8.51. The van der Waals surface area contributed by atoms with Crippen LogP contribution in [0.2, 0.25) is 0 Å². The van der Waals surface area contributed by atoms with Gasteiger partial charge in [0.25, 0.3) is 0 Å². The molecular weight excluding hydrogens is 242 g/mol. The van der Waals surface area contributed by atoms with E-state index in [-0.39, 0.29) is 0 Å². The molecule has 0 heterocycles. The second-order valence-electron chi connectivity index (χ2n) is 4.28. The molecule has 0 atom stereocenters. The van der Waals surface area contributed by atoms with Gasteiger partial charge in [0.05, 0.1) is 6.61 Å². The number of thioether (sulfide) groups is 1. The highest BCUT2D eigenvalue weighted by atomic mass is 32.2. The number of hydrogen-bond donors (Lipinski definition) is 1. The first-order chi connectivity index (χ1) is 8.88. The van der Waals surface area contributed by atoms with Crippen LogP contribution in [-0.2, 0) is 17.9 Å². The van der Waals surface area contributed by atoms with Crippen LogP contribution in [0.5, 0.6) is 0 Å². The Morgan fingerprint density at radius 1 is 1.17 bits per heavy atom. The molecule has 18 heavy (non-hydrogen) atoms. The molecule has 0 saturated heterocycles. The highest BCUT2D eigenvalue weighted by Gasteiger charge is 2.00. The van der Waals surface area contributed by atoms with Crippen molar-refractivity contribution in [1.29, 1.82) is 0 Å². The van der Waals surface area contributed by atoms with Gasteiger partial charge < -0.3 is 10.1 Å². The summed E-state index contributed by atoms with van der Waals surface area (Å²) in [6.07, 6.45) is 4.72. The summed E-state index contributed by atoms with van der Waals surface area (Å²) in [6.45, 7) is 5.58. The molecule has 0 unspecified atom stereocenters. The molecule has 1 rings (SSSR count). The van der Waals surface area contributed by atoms with Crippen LogP contribution >= 0.6 is 11.8 Å². The lowest BCUT2D eigenvalue weighted by atomic mass is 10.1. The van der Waals surface area contributed by atoms with Crippen molar-refractivity contribution in [1.82, 2.24) is 5.32 Å². The number of benzene rings is 1. The van der Waals surface area contributed by atoms with E-state index in [1.807, 2.05) is 18.7 Å². The summed E-state index contributed by atoms with van der Waals surface area (Å²) in [7, 11) is 0. The molecule has 0 radical (unpaired) electrons. The molecule has 0 aromatic heterocycles. The molecule has 1 aromatic carbocycles. The van der Waals surface area contributed by atoms with Gasteiger partial charge in [-0.05, 0) is 49.4 Å². The zero-order valence-corrected chi connectivity index (χ0v) is 12.4. The third kappa shape index (κ3) is 6.43. The predicted octanol–water partition coefficient (Wildman–Crippen LogP) is 3.46. The average molecular weight is 267 g/mol. The minimum atomic E-state index is 0.723. The Morgan fingerprint density at radius 2 is 1.94 bits per heavy atom. The number of hydrogen-bond acceptors (Lipinski definition) is 3. The van der Waals surface area contributed by atoms with Crippen LogP contribution in [0.1, 0.15) is 30.9 Å². The molecule has 1 aromatic rings. The van der Waals surface area contributed by atoms with Gasteiger partial charge in [-0.2, -0.15) is 11.8 Å².